The Kier molecular flexibility index (Phi) is 4.08. The van der Waals surface area contributed by atoms with Crippen LogP contribution in [0.15, 0.2) is 24.3 Å². The van der Waals surface area contributed by atoms with Crippen molar-refractivity contribution in [3.63, 3.8) is 0 Å². The molecule has 0 spiro atoms. The van der Waals surface area contributed by atoms with Crippen LogP contribution in [0.3, 0.4) is 0 Å². The summed E-state index contributed by atoms with van der Waals surface area (Å²) in [6.45, 7) is 8.85. The highest BCUT2D eigenvalue weighted by atomic mass is 19.1. The van der Waals surface area contributed by atoms with Crippen molar-refractivity contribution in [2.75, 3.05) is 5.73 Å². The first-order valence-corrected chi connectivity index (χ1v) is 7.27. The lowest BCUT2D eigenvalue weighted by molar-refractivity contribution is 0.258. The lowest BCUT2D eigenvalue weighted by Gasteiger charge is -2.26. The zero-order chi connectivity index (χ0) is 15.8. The van der Waals surface area contributed by atoms with Crippen LogP contribution in [0, 0.1) is 17.2 Å². The molecule has 0 aliphatic carbocycles. The van der Waals surface area contributed by atoms with Gasteiger partial charge in [0, 0.05) is 12.6 Å². The standard InChI is InChI=1S/C17H24FN3/c1-11(17(2,3)4)9-14-15(16(19)21(5)20-14)12-7-6-8-13(18)10-12/h6-8,10-11H,9,19H2,1-5H3. The minimum Gasteiger partial charge on any atom is -0.383 e. The number of aromatic nitrogens is 2. The molecule has 0 saturated heterocycles. The van der Waals surface area contributed by atoms with Gasteiger partial charge in [0.15, 0.2) is 0 Å². The van der Waals surface area contributed by atoms with Crippen LogP contribution in [0.4, 0.5) is 10.2 Å². The first kappa shape index (κ1) is 15.5. The average Bonchev–Trinajstić information content (AvgIpc) is 2.63. The molecule has 1 heterocycles. The molecule has 1 unspecified atom stereocenters. The molecule has 1 aromatic heterocycles. The second-order valence-electron chi connectivity index (χ2n) is 6.81. The van der Waals surface area contributed by atoms with Gasteiger partial charge in [0.2, 0.25) is 0 Å². The van der Waals surface area contributed by atoms with Crippen LogP contribution in [0.5, 0.6) is 0 Å². The number of aryl methyl sites for hydroxylation is 1. The quantitative estimate of drug-likeness (QED) is 0.927. The maximum absolute atomic E-state index is 13.5. The van der Waals surface area contributed by atoms with E-state index in [1.54, 1.807) is 10.7 Å². The molecule has 0 amide bonds. The second kappa shape index (κ2) is 5.51. The SMILES string of the molecule is CC(Cc1nn(C)c(N)c1-c1cccc(F)c1)C(C)(C)C. The van der Waals surface area contributed by atoms with E-state index < -0.39 is 0 Å². The zero-order valence-electron chi connectivity index (χ0n) is 13.4. The van der Waals surface area contributed by atoms with Crippen molar-refractivity contribution < 1.29 is 4.39 Å². The van der Waals surface area contributed by atoms with E-state index in [0.29, 0.717) is 11.7 Å². The summed E-state index contributed by atoms with van der Waals surface area (Å²) in [7, 11) is 1.82. The van der Waals surface area contributed by atoms with E-state index in [4.69, 9.17) is 5.73 Å². The molecule has 2 N–H and O–H groups in total. The lowest BCUT2D eigenvalue weighted by atomic mass is 9.79. The number of nitrogens with two attached hydrogens (primary N) is 1. The molecule has 1 atom stereocenters. The molecule has 0 aliphatic heterocycles. The van der Waals surface area contributed by atoms with Gasteiger partial charge in [-0.05, 0) is 35.4 Å². The Bertz CT molecular complexity index is 638. The monoisotopic (exact) mass is 289 g/mol. The molecule has 3 nitrogen and oxygen atoms in total. The number of hydrogen-bond acceptors (Lipinski definition) is 2. The van der Waals surface area contributed by atoms with E-state index in [9.17, 15) is 4.39 Å². The number of benzene rings is 1. The molecular weight excluding hydrogens is 265 g/mol. The van der Waals surface area contributed by atoms with E-state index >= 15 is 0 Å². The molecule has 2 aromatic rings. The highest BCUT2D eigenvalue weighted by Crippen LogP contribution is 2.35. The number of halogens is 1. The van der Waals surface area contributed by atoms with E-state index in [1.165, 1.54) is 12.1 Å². The van der Waals surface area contributed by atoms with Crippen LogP contribution < -0.4 is 5.73 Å². The molecule has 1 aromatic carbocycles. The molecule has 21 heavy (non-hydrogen) atoms. The molecule has 0 fully saturated rings. The Morgan fingerprint density at radius 3 is 2.57 bits per heavy atom. The third-order valence-corrected chi connectivity index (χ3v) is 4.26. The Balaban J connectivity index is 2.46. The molecule has 2 rings (SSSR count). The largest absolute Gasteiger partial charge is 0.383 e. The molecule has 114 valence electrons. The highest BCUT2D eigenvalue weighted by Gasteiger charge is 2.24. The van der Waals surface area contributed by atoms with Gasteiger partial charge in [0.05, 0.1) is 5.69 Å². The summed E-state index contributed by atoms with van der Waals surface area (Å²) in [5.41, 5.74) is 8.91. The summed E-state index contributed by atoms with van der Waals surface area (Å²) in [6, 6.07) is 6.53. The van der Waals surface area contributed by atoms with Crippen LogP contribution in [0.2, 0.25) is 0 Å². The average molecular weight is 289 g/mol. The van der Waals surface area contributed by atoms with Gasteiger partial charge in [-0.2, -0.15) is 5.10 Å². The van der Waals surface area contributed by atoms with Crippen LogP contribution in [-0.2, 0) is 13.5 Å². The van der Waals surface area contributed by atoms with Gasteiger partial charge in [-0.1, -0.05) is 39.8 Å². The fourth-order valence-electron chi connectivity index (χ4n) is 2.29. The van der Waals surface area contributed by atoms with Gasteiger partial charge in [-0.3, -0.25) is 4.68 Å². The molecular formula is C17H24FN3. The minimum atomic E-state index is -0.259. The summed E-state index contributed by atoms with van der Waals surface area (Å²) >= 11 is 0. The van der Waals surface area contributed by atoms with Gasteiger partial charge in [0.25, 0.3) is 0 Å². The van der Waals surface area contributed by atoms with Crippen LogP contribution >= 0.6 is 0 Å². The molecule has 4 heteroatoms. The van der Waals surface area contributed by atoms with E-state index in [1.807, 2.05) is 13.1 Å². The Morgan fingerprint density at radius 2 is 2.00 bits per heavy atom. The predicted molar refractivity (Wildman–Crippen MR) is 85.3 cm³/mol. The summed E-state index contributed by atoms with van der Waals surface area (Å²) in [5, 5.41) is 4.54. The van der Waals surface area contributed by atoms with Crippen LogP contribution in [-0.4, -0.2) is 9.78 Å². The maximum atomic E-state index is 13.5. The summed E-state index contributed by atoms with van der Waals surface area (Å²) in [4.78, 5) is 0. The number of nitrogen functional groups attached to an aromatic ring is 1. The van der Waals surface area contributed by atoms with Crippen molar-refractivity contribution in [2.45, 2.75) is 34.1 Å². The van der Waals surface area contributed by atoms with Crippen LogP contribution in [0.25, 0.3) is 11.1 Å². The third-order valence-electron chi connectivity index (χ3n) is 4.26. The summed E-state index contributed by atoms with van der Waals surface area (Å²) in [5.74, 6) is 0.765. The fraction of sp³-hybridized carbons (Fsp3) is 0.471. The van der Waals surface area contributed by atoms with Crippen molar-refractivity contribution in [1.82, 2.24) is 9.78 Å². The van der Waals surface area contributed by atoms with Gasteiger partial charge < -0.3 is 5.73 Å². The van der Waals surface area contributed by atoms with Crippen molar-refractivity contribution in [2.24, 2.45) is 18.4 Å². The van der Waals surface area contributed by atoms with Gasteiger partial charge in [0.1, 0.15) is 11.6 Å². The zero-order valence-corrected chi connectivity index (χ0v) is 13.4. The fourth-order valence-corrected chi connectivity index (χ4v) is 2.29. The molecule has 0 bridgehead atoms. The first-order valence-electron chi connectivity index (χ1n) is 7.27. The second-order valence-corrected chi connectivity index (χ2v) is 6.81. The van der Waals surface area contributed by atoms with Crippen LogP contribution in [0.1, 0.15) is 33.4 Å². The van der Waals surface area contributed by atoms with Gasteiger partial charge >= 0.3 is 0 Å². The number of hydrogen-bond donors (Lipinski definition) is 1. The van der Waals surface area contributed by atoms with Crippen molar-refractivity contribution in [3.8, 4) is 11.1 Å². The van der Waals surface area contributed by atoms with Gasteiger partial charge in [-0.15, -0.1) is 0 Å². The van der Waals surface area contributed by atoms with Crippen molar-refractivity contribution in [1.29, 1.82) is 0 Å². The molecule has 0 saturated carbocycles. The number of rotatable bonds is 3. The Morgan fingerprint density at radius 1 is 1.33 bits per heavy atom. The third kappa shape index (κ3) is 3.26. The summed E-state index contributed by atoms with van der Waals surface area (Å²) in [6.07, 6.45) is 0.820. The predicted octanol–water partition coefficient (Wildman–Crippen LogP) is 4.03. The normalized spacial score (nSPS) is 13.4. The van der Waals surface area contributed by atoms with E-state index in [0.717, 1.165) is 23.2 Å². The minimum absolute atomic E-state index is 0.186. The lowest BCUT2D eigenvalue weighted by Crippen LogP contribution is -2.20. The van der Waals surface area contributed by atoms with E-state index in [2.05, 4.69) is 32.8 Å². The van der Waals surface area contributed by atoms with Crippen molar-refractivity contribution >= 4 is 5.82 Å². The van der Waals surface area contributed by atoms with Crippen molar-refractivity contribution in [3.05, 3.63) is 35.8 Å². The Labute approximate surface area is 126 Å². The molecule has 0 radical (unpaired) electrons. The smallest absolute Gasteiger partial charge is 0.129 e. The number of anilines is 1. The van der Waals surface area contributed by atoms with Gasteiger partial charge in [-0.25, -0.2) is 4.39 Å². The van der Waals surface area contributed by atoms with E-state index in [-0.39, 0.29) is 11.2 Å². The summed E-state index contributed by atoms with van der Waals surface area (Å²) < 4.78 is 15.2. The maximum Gasteiger partial charge on any atom is 0.129 e. The highest BCUT2D eigenvalue weighted by molar-refractivity contribution is 5.76. The first-order chi connectivity index (χ1) is 9.70. The molecule has 0 aliphatic rings. The topological polar surface area (TPSA) is 43.8 Å². The Hall–Kier alpha value is -1.84. The number of nitrogens with zero attached hydrogens (tertiary/aromatic N) is 2.